The van der Waals surface area contributed by atoms with E-state index in [1.165, 1.54) is 22.2 Å². The van der Waals surface area contributed by atoms with Gasteiger partial charge in [-0.05, 0) is 43.8 Å². The van der Waals surface area contributed by atoms with Gasteiger partial charge in [0.25, 0.3) is 11.5 Å². The van der Waals surface area contributed by atoms with Crippen molar-refractivity contribution < 1.29 is 4.79 Å². The van der Waals surface area contributed by atoms with Crippen LogP contribution in [0.1, 0.15) is 26.5 Å². The molecule has 0 radical (unpaired) electrons. The van der Waals surface area contributed by atoms with Crippen molar-refractivity contribution in [2.24, 2.45) is 0 Å². The molecule has 0 fully saturated rings. The van der Waals surface area contributed by atoms with Crippen LogP contribution in [0.3, 0.4) is 0 Å². The summed E-state index contributed by atoms with van der Waals surface area (Å²) in [6, 6.07) is 11.2. The number of nitrogens with one attached hydrogen (secondary N) is 2. The number of carbonyl (C=O) groups is 1. The molecule has 160 valence electrons. The third-order valence-corrected chi connectivity index (χ3v) is 5.89. The van der Waals surface area contributed by atoms with Gasteiger partial charge in [-0.3, -0.25) is 14.6 Å². The minimum absolute atomic E-state index is 0.184. The van der Waals surface area contributed by atoms with Crippen LogP contribution >= 0.6 is 11.3 Å². The molecule has 5 aromatic rings. The molecule has 0 bridgehead atoms. The fourth-order valence-corrected chi connectivity index (χ4v) is 4.18. The number of amides is 1. The third-order valence-electron chi connectivity index (χ3n) is 5.02. The van der Waals surface area contributed by atoms with Crippen LogP contribution in [0.4, 0.5) is 5.82 Å². The van der Waals surface area contributed by atoms with Crippen LogP contribution < -0.4 is 10.9 Å². The SMILES string of the molecule is Cc1ccc(-n2ncc3c(=O)[nH]c(-n4nc(C)cc4NC(=O)c4cccs4)nc32)c(C)c1. The van der Waals surface area contributed by atoms with E-state index in [0.717, 1.165) is 16.8 Å². The Kier molecular flexibility index (Phi) is 4.71. The number of nitrogens with zero attached hydrogens (tertiary/aromatic N) is 5. The van der Waals surface area contributed by atoms with Gasteiger partial charge in [-0.25, -0.2) is 4.68 Å². The Balaban J connectivity index is 1.63. The molecule has 2 N–H and O–H groups in total. The lowest BCUT2D eigenvalue weighted by Crippen LogP contribution is -2.18. The molecule has 32 heavy (non-hydrogen) atoms. The number of hydrogen-bond donors (Lipinski definition) is 2. The zero-order valence-electron chi connectivity index (χ0n) is 17.6. The minimum atomic E-state index is -0.343. The van der Waals surface area contributed by atoms with Gasteiger partial charge in [0.15, 0.2) is 5.65 Å². The topological polar surface area (TPSA) is 110 Å². The van der Waals surface area contributed by atoms with E-state index < -0.39 is 0 Å². The van der Waals surface area contributed by atoms with Gasteiger partial charge in [-0.2, -0.15) is 19.9 Å². The Labute approximate surface area is 186 Å². The van der Waals surface area contributed by atoms with E-state index in [2.05, 4.69) is 25.5 Å². The molecule has 0 aliphatic rings. The molecule has 0 atom stereocenters. The first kappa shape index (κ1) is 19.9. The molecule has 0 spiro atoms. The van der Waals surface area contributed by atoms with Gasteiger partial charge >= 0.3 is 0 Å². The lowest BCUT2D eigenvalue weighted by molar-refractivity contribution is 0.103. The molecule has 1 aromatic carbocycles. The van der Waals surface area contributed by atoms with Crippen molar-refractivity contribution in [3.63, 3.8) is 0 Å². The third kappa shape index (κ3) is 3.40. The van der Waals surface area contributed by atoms with Gasteiger partial charge < -0.3 is 5.32 Å². The highest BCUT2D eigenvalue weighted by molar-refractivity contribution is 7.12. The Hall–Kier alpha value is -4.05. The van der Waals surface area contributed by atoms with E-state index in [4.69, 9.17) is 0 Å². The monoisotopic (exact) mass is 445 g/mol. The predicted octanol–water partition coefficient (Wildman–Crippen LogP) is 3.53. The zero-order valence-corrected chi connectivity index (χ0v) is 18.4. The van der Waals surface area contributed by atoms with Crippen molar-refractivity contribution in [3.05, 3.63) is 80.0 Å². The average Bonchev–Trinajstić information content (AvgIpc) is 3.48. The Morgan fingerprint density at radius 3 is 2.72 bits per heavy atom. The number of aromatic amines is 1. The van der Waals surface area contributed by atoms with Crippen molar-refractivity contribution in [1.29, 1.82) is 0 Å². The standard InChI is InChI=1S/C22H19N7O2S/c1-12-6-7-16(13(2)9-12)28-19-15(11-23-28)20(30)26-22(25-19)29-18(10-14(3)27-29)24-21(31)17-5-4-8-32-17/h4-11H,1-3H3,(H,24,31)(H,25,26,30). The van der Waals surface area contributed by atoms with Gasteiger partial charge in [0.2, 0.25) is 5.95 Å². The Bertz CT molecular complexity index is 1530. The smallest absolute Gasteiger partial charge is 0.266 e. The fraction of sp³-hybridized carbons (Fsp3) is 0.136. The summed E-state index contributed by atoms with van der Waals surface area (Å²) < 4.78 is 3.06. The Morgan fingerprint density at radius 1 is 1.12 bits per heavy atom. The molecule has 4 aromatic heterocycles. The fourth-order valence-electron chi connectivity index (χ4n) is 3.56. The summed E-state index contributed by atoms with van der Waals surface area (Å²) in [6.07, 6.45) is 1.50. The van der Waals surface area contributed by atoms with E-state index in [1.54, 1.807) is 23.7 Å². The van der Waals surface area contributed by atoms with Crippen molar-refractivity contribution in [2.45, 2.75) is 20.8 Å². The van der Waals surface area contributed by atoms with Crippen LogP contribution in [0.15, 0.2) is 52.8 Å². The van der Waals surface area contributed by atoms with Crippen LogP contribution in [-0.2, 0) is 0 Å². The molecule has 10 heteroatoms. The maximum Gasteiger partial charge on any atom is 0.266 e. The second-order valence-corrected chi connectivity index (χ2v) is 8.44. The average molecular weight is 446 g/mol. The van der Waals surface area contributed by atoms with E-state index in [9.17, 15) is 9.59 Å². The number of H-pyrrole nitrogens is 1. The van der Waals surface area contributed by atoms with Gasteiger partial charge in [-0.1, -0.05) is 23.8 Å². The maximum atomic E-state index is 12.8. The normalized spacial score (nSPS) is 11.2. The Morgan fingerprint density at radius 2 is 1.97 bits per heavy atom. The van der Waals surface area contributed by atoms with Crippen molar-refractivity contribution in [1.82, 2.24) is 29.5 Å². The number of aryl methyl sites for hydroxylation is 3. The highest BCUT2D eigenvalue weighted by Crippen LogP contribution is 2.21. The minimum Gasteiger partial charge on any atom is -0.306 e. The largest absolute Gasteiger partial charge is 0.306 e. The lowest BCUT2D eigenvalue weighted by Gasteiger charge is -2.10. The van der Waals surface area contributed by atoms with Gasteiger partial charge in [0.1, 0.15) is 11.2 Å². The first-order valence-electron chi connectivity index (χ1n) is 9.88. The quantitative estimate of drug-likeness (QED) is 0.440. The van der Waals surface area contributed by atoms with Crippen LogP contribution in [0.2, 0.25) is 0 Å². The number of aromatic nitrogens is 6. The summed E-state index contributed by atoms with van der Waals surface area (Å²) in [5, 5.41) is 13.9. The van der Waals surface area contributed by atoms with Crippen LogP contribution in [0.5, 0.6) is 0 Å². The number of fused-ring (bicyclic) bond motifs is 1. The lowest BCUT2D eigenvalue weighted by atomic mass is 10.1. The van der Waals surface area contributed by atoms with Crippen LogP contribution in [-0.4, -0.2) is 35.4 Å². The molecule has 0 aliphatic carbocycles. The number of thiophene rings is 1. The molecule has 9 nitrogen and oxygen atoms in total. The molecule has 4 heterocycles. The van der Waals surface area contributed by atoms with E-state index in [0.29, 0.717) is 27.4 Å². The number of anilines is 1. The van der Waals surface area contributed by atoms with Crippen molar-refractivity contribution in [2.75, 3.05) is 5.32 Å². The molecule has 0 unspecified atom stereocenters. The molecule has 1 amide bonds. The zero-order chi connectivity index (χ0) is 22.4. The number of carbonyl (C=O) groups excluding carboxylic acids is 1. The van der Waals surface area contributed by atoms with E-state index in [1.807, 2.05) is 43.5 Å². The summed E-state index contributed by atoms with van der Waals surface area (Å²) in [7, 11) is 0. The molecule has 0 saturated carbocycles. The van der Waals surface area contributed by atoms with Gasteiger partial charge in [0.05, 0.1) is 22.5 Å². The molecular weight excluding hydrogens is 426 g/mol. The van der Waals surface area contributed by atoms with E-state index >= 15 is 0 Å². The maximum absolute atomic E-state index is 12.8. The first-order valence-corrected chi connectivity index (χ1v) is 10.8. The predicted molar refractivity (Wildman–Crippen MR) is 123 cm³/mol. The van der Waals surface area contributed by atoms with Crippen molar-refractivity contribution >= 4 is 34.1 Å². The van der Waals surface area contributed by atoms with Crippen LogP contribution in [0.25, 0.3) is 22.7 Å². The first-order chi connectivity index (χ1) is 15.4. The van der Waals surface area contributed by atoms with E-state index in [-0.39, 0.29) is 17.4 Å². The molecule has 0 saturated heterocycles. The molecule has 0 aliphatic heterocycles. The summed E-state index contributed by atoms with van der Waals surface area (Å²) in [5.74, 6) is 0.328. The summed E-state index contributed by atoms with van der Waals surface area (Å²) in [4.78, 5) is 33.3. The number of benzene rings is 1. The summed E-state index contributed by atoms with van der Waals surface area (Å²) in [5.41, 5.74) is 3.70. The van der Waals surface area contributed by atoms with Gasteiger partial charge in [-0.15, -0.1) is 11.3 Å². The number of rotatable bonds is 4. The molecular formula is C22H19N7O2S. The second-order valence-electron chi connectivity index (χ2n) is 7.49. The number of hydrogen-bond acceptors (Lipinski definition) is 6. The van der Waals surface area contributed by atoms with Gasteiger partial charge in [0, 0.05) is 6.07 Å². The second kappa shape index (κ2) is 7.57. The summed E-state index contributed by atoms with van der Waals surface area (Å²) in [6.45, 7) is 5.80. The van der Waals surface area contributed by atoms with Crippen molar-refractivity contribution in [3.8, 4) is 11.6 Å². The molecule has 5 rings (SSSR count). The highest BCUT2D eigenvalue weighted by Gasteiger charge is 2.18. The van der Waals surface area contributed by atoms with Crippen LogP contribution in [0, 0.1) is 20.8 Å². The summed E-state index contributed by atoms with van der Waals surface area (Å²) >= 11 is 1.34. The highest BCUT2D eigenvalue weighted by atomic mass is 32.1.